The zero-order valence-electron chi connectivity index (χ0n) is 6.83. The Kier molecular flexibility index (Phi) is 1.87. The van der Waals surface area contributed by atoms with Crippen LogP contribution in [0.5, 0.6) is 0 Å². The third-order valence-corrected chi connectivity index (χ3v) is 1.50. The van der Waals surface area contributed by atoms with Gasteiger partial charge >= 0.3 is 0 Å². The third kappa shape index (κ3) is 1.78. The van der Waals surface area contributed by atoms with Crippen LogP contribution in [-0.2, 0) is 6.54 Å². The van der Waals surface area contributed by atoms with Crippen LogP contribution < -0.4 is 5.73 Å². The van der Waals surface area contributed by atoms with Crippen molar-refractivity contribution >= 4 is 5.82 Å². The van der Waals surface area contributed by atoms with Crippen LogP contribution in [0.1, 0.15) is 5.69 Å². The molecule has 0 aromatic carbocycles. The van der Waals surface area contributed by atoms with Gasteiger partial charge in [-0.15, -0.1) is 5.10 Å². The first-order valence-electron chi connectivity index (χ1n) is 3.75. The molecule has 0 unspecified atom stereocenters. The lowest BCUT2D eigenvalue weighted by Gasteiger charge is -1.97. The van der Waals surface area contributed by atoms with Crippen molar-refractivity contribution in [2.45, 2.75) is 6.54 Å². The van der Waals surface area contributed by atoms with E-state index >= 15 is 0 Å². The molecule has 0 saturated carbocycles. The van der Waals surface area contributed by atoms with Gasteiger partial charge in [-0.05, 0) is 0 Å². The molecule has 2 aromatic heterocycles. The van der Waals surface area contributed by atoms with Crippen molar-refractivity contribution in [3.05, 3.63) is 30.5 Å². The molecule has 0 saturated heterocycles. The highest BCUT2D eigenvalue weighted by molar-refractivity contribution is 5.20. The van der Waals surface area contributed by atoms with E-state index in [4.69, 9.17) is 5.73 Å². The summed E-state index contributed by atoms with van der Waals surface area (Å²) < 4.78 is 1.61. The largest absolute Gasteiger partial charge is 0.381 e. The van der Waals surface area contributed by atoms with E-state index in [1.807, 2.05) is 0 Å². The minimum Gasteiger partial charge on any atom is -0.381 e. The number of nitrogens with zero attached hydrogens (tertiary/aromatic N) is 5. The van der Waals surface area contributed by atoms with Gasteiger partial charge in [0.05, 0.1) is 24.6 Å². The van der Waals surface area contributed by atoms with Gasteiger partial charge in [-0.2, -0.15) is 0 Å². The maximum Gasteiger partial charge on any atom is 0.165 e. The van der Waals surface area contributed by atoms with Crippen molar-refractivity contribution in [2.24, 2.45) is 0 Å². The number of nitrogens with two attached hydrogens (primary N) is 1. The number of aromatic nitrogens is 5. The molecule has 2 rings (SSSR count). The van der Waals surface area contributed by atoms with Gasteiger partial charge < -0.3 is 5.73 Å². The first-order valence-corrected chi connectivity index (χ1v) is 3.75. The number of anilines is 1. The van der Waals surface area contributed by atoms with Crippen LogP contribution in [0.4, 0.5) is 5.82 Å². The molecule has 66 valence electrons. The monoisotopic (exact) mass is 176 g/mol. The maximum atomic E-state index is 5.40. The lowest BCUT2D eigenvalue weighted by Crippen LogP contribution is -2.02. The lowest BCUT2D eigenvalue weighted by atomic mass is 10.4. The van der Waals surface area contributed by atoms with Crippen molar-refractivity contribution < 1.29 is 0 Å². The molecule has 0 fully saturated rings. The van der Waals surface area contributed by atoms with Crippen LogP contribution in [0.25, 0.3) is 0 Å². The zero-order valence-corrected chi connectivity index (χ0v) is 6.83. The lowest BCUT2D eigenvalue weighted by molar-refractivity contribution is 0.636. The van der Waals surface area contributed by atoms with Crippen molar-refractivity contribution in [1.29, 1.82) is 0 Å². The normalized spacial score (nSPS) is 10.2. The molecule has 2 N–H and O–H groups in total. The quantitative estimate of drug-likeness (QED) is 0.679. The summed E-state index contributed by atoms with van der Waals surface area (Å²) in [7, 11) is 0. The molecule has 0 aliphatic rings. The second-order valence-electron chi connectivity index (χ2n) is 2.54. The topological polar surface area (TPSA) is 82.5 Å². The van der Waals surface area contributed by atoms with E-state index in [1.165, 1.54) is 0 Å². The van der Waals surface area contributed by atoms with Crippen LogP contribution in [-0.4, -0.2) is 25.0 Å². The molecule has 0 spiro atoms. The molecule has 0 aliphatic carbocycles. The molecule has 0 amide bonds. The second kappa shape index (κ2) is 3.18. The molecule has 0 radical (unpaired) electrons. The van der Waals surface area contributed by atoms with Gasteiger partial charge in [-0.25, -0.2) is 4.68 Å². The number of nitrogen functional groups attached to an aromatic ring is 1. The summed E-state index contributed by atoms with van der Waals surface area (Å²) in [5, 5.41) is 7.44. The summed E-state index contributed by atoms with van der Waals surface area (Å²) in [6.45, 7) is 0.540. The number of hydrogen-bond acceptors (Lipinski definition) is 5. The van der Waals surface area contributed by atoms with Gasteiger partial charge in [0.15, 0.2) is 5.82 Å². The van der Waals surface area contributed by atoms with E-state index < -0.39 is 0 Å². The van der Waals surface area contributed by atoms with Crippen LogP contribution >= 0.6 is 0 Å². The van der Waals surface area contributed by atoms with Crippen LogP contribution in [0.3, 0.4) is 0 Å². The number of rotatable bonds is 2. The Morgan fingerprint density at radius 1 is 1.38 bits per heavy atom. The van der Waals surface area contributed by atoms with Gasteiger partial charge in [0, 0.05) is 12.4 Å². The minimum absolute atomic E-state index is 0.406. The Morgan fingerprint density at radius 2 is 2.31 bits per heavy atom. The fourth-order valence-corrected chi connectivity index (χ4v) is 0.968. The molecule has 0 aliphatic heterocycles. The summed E-state index contributed by atoms with van der Waals surface area (Å²) in [4.78, 5) is 8.02. The average molecular weight is 176 g/mol. The SMILES string of the molecule is Nc1cn(Cc2cnccn2)nn1. The molecule has 13 heavy (non-hydrogen) atoms. The highest BCUT2D eigenvalue weighted by atomic mass is 15.4. The highest BCUT2D eigenvalue weighted by Crippen LogP contribution is 1.97. The van der Waals surface area contributed by atoms with Crippen molar-refractivity contribution in [1.82, 2.24) is 25.0 Å². The smallest absolute Gasteiger partial charge is 0.165 e. The fraction of sp³-hybridized carbons (Fsp3) is 0.143. The van der Waals surface area contributed by atoms with Crippen molar-refractivity contribution in [2.75, 3.05) is 5.73 Å². The van der Waals surface area contributed by atoms with Crippen LogP contribution in [0, 0.1) is 0 Å². The first-order chi connectivity index (χ1) is 6.34. The Labute approximate surface area is 74.4 Å². The molecular formula is C7H8N6. The fourth-order valence-electron chi connectivity index (χ4n) is 0.968. The summed E-state index contributed by atoms with van der Waals surface area (Å²) >= 11 is 0. The Morgan fingerprint density at radius 3 is 2.92 bits per heavy atom. The molecule has 0 atom stereocenters. The van der Waals surface area contributed by atoms with Gasteiger partial charge in [0.2, 0.25) is 0 Å². The first kappa shape index (κ1) is 7.66. The molecule has 2 aromatic rings. The van der Waals surface area contributed by atoms with E-state index in [2.05, 4.69) is 20.3 Å². The van der Waals surface area contributed by atoms with Crippen molar-refractivity contribution in [3.63, 3.8) is 0 Å². The van der Waals surface area contributed by atoms with Crippen LogP contribution in [0.15, 0.2) is 24.8 Å². The predicted octanol–water partition coefficient (Wildman–Crippen LogP) is -0.301. The predicted molar refractivity (Wildman–Crippen MR) is 45.6 cm³/mol. The molecule has 6 nitrogen and oxygen atoms in total. The molecular weight excluding hydrogens is 168 g/mol. The highest BCUT2D eigenvalue weighted by Gasteiger charge is 1.98. The molecule has 2 heterocycles. The molecule has 6 heteroatoms. The second-order valence-corrected chi connectivity index (χ2v) is 2.54. The van der Waals surface area contributed by atoms with Gasteiger partial charge in [-0.3, -0.25) is 9.97 Å². The average Bonchev–Trinajstić information content (AvgIpc) is 2.53. The van der Waals surface area contributed by atoms with E-state index in [9.17, 15) is 0 Å². The van der Waals surface area contributed by atoms with E-state index in [0.29, 0.717) is 12.4 Å². The maximum absolute atomic E-state index is 5.40. The number of hydrogen-bond donors (Lipinski definition) is 1. The van der Waals surface area contributed by atoms with Gasteiger partial charge in [0.1, 0.15) is 0 Å². The summed E-state index contributed by atoms with van der Waals surface area (Å²) in [5.74, 6) is 0.406. The Bertz CT molecular complexity index is 381. The summed E-state index contributed by atoms with van der Waals surface area (Å²) in [5.41, 5.74) is 6.23. The Hall–Kier alpha value is -1.98. The third-order valence-electron chi connectivity index (χ3n) is 1.50. The summed E-state index contributed by atoms with van der Waals surface area (Å²) in [6, 6.07) is 0. The van der Waals surface area contributed by atoms with E-state index in [-0.39, 0.29) is 0 Å². The Balaban J connectivity index is 2.15. The zero-order chi connectivity index (χ0) is 9.10. The van der Waals surface area contributed by atoms with Gasteiger partial charge in [-0.1, -0.05) is 5.21 Å². The molecule has 0 bridgehead atoms. The minimum atomic E-state index is 0.406. The van der Waals surface area contributed by atoms with Crippen LogP contribution in [0.2, 0.25) is 0 Å². The van der Waals surface area contributed by atoms with Gasteiger partial charge in [0.25, 0.3) is 0 Å². The van der Waals surface area contributed by atoms with Crippen molar-refractivity contribution in [3.8, 4) is 0 Å². The summed E-state index contributed by atoms with van der Waals surface area (Å²) in [6.07, 6.45) is 6.58. The standard InChI is InChI=1S/C7H8N6/c8-7-5-13(12-11-7)4-6-3-9-1-2-10-6/h1-3,5H,4,8H2. The van der Waals surface area contributed by atoms with E-state index in [0.717, 1.165) is 5.69 Å². The van der Waals surface area contributed by atoms with E-state index in [1.54, 1.807) is 29.5 Å².